The third-order valence-corrected chi connectivity index (χ3v) is 4.73. The molecule has 4 aromatic rings. The molecule has 1 N–H and O–H groups in total. The van der Waals surface area contributed by atoms with Crippen molar-refractivity contribution in [2.75, 3.05) is 5.32 Å². The lowest BCUT2D eigenvalue weighted by molar-refractivity contribution is 0.306. The number of nitrogens with zero attached hydrogens (tertiary/aromatic N) is 2. The van der Waals surface area contributed by atoms with Gasteiger partial charge in [0.05, 0.1) is 6.04 Å². The first kappa shape index (κ1) is 19.3. The summed E-state index contributed by atoms with van der Waals surface area (Å²) in [6.45, 7) is 2.51. The minimum absolute atomic E-state index is 0.0205. The van der Waals surface area contributed by atoms with Gasteiger partial charge >= 0.3 is 0 Å². The first-order chi connectivity index (χ1) is 14.7. The SMILES string of the molecule is C[C@H](Nc1oc(-c2ccc(OCc3ccccc3)cc2)nc1C#N)c1ccccc1. The van der Waals surface area contributed by atoms with Crippen LogP contribution in [0.1, 0.15) is 29.8 Å². The van der Waals surface area contributed by atoms with Crippen LogP contribution >= 0.6 is 0 Å². The van der Waals surface area contributed by atoms with Gasteiger partial charge in [-0.2, -0.15) is 10.2 Å². The Morgan fingerprint density at radius 1 is 0.967 bits per heavy atom. The normalized spacial score (nSPS) is 11.5. The molecule has 5 nitrogen and oxygen atoms in total. The lowest BCUT2D eigenvalue weighted by atomic mass is 10.1. The number of hydrogen-bond acceptors (Lipinski definition) is 5. The van der Waals surface area contributed by atoms with E-state index in [2.05, 4.69) is 16.4 Å². The second-order valence-electron chi connectivity index (χ2n) is 6.88. The summed E-state index contributed by atoms with van der Waals surface area (Å²) < 4.78 is 11.7. The molecular formula is C25H21N3O2. The van der Waals surface area contributed by atoms with Crippen LogP contribution in [0.15, 0.2) is 89.3 Å². The predicted molar refractivity (Wildman–Crippen MR) is 116 cm³/mol. The zero-order valence-electron chi connectivity index (χ0n) is 16.6. The Labute approximate surface area is 175 Å². The molecule has 148 valence electrons. The summed E-state index contributed by atoms with van der Waals surface area (Å²) in [5.74, 6) is 1.52. The summed E-state index contributed by atoms with van der Waals surface area (Å²) in [5.41, 5.74) is 3.21. The summed E-state index contributed by atoms with van der Waals surface area (Å²) >= 11 is 0. The maximum Gasteiger partial charge on any atom is 0.233 e. The highest BCUT2D eigenvalue weighted by molar-refractivity contribution is 5.60. The Morgan fingerprint density at radius 3 is 2.30 bits per heavy atom. The Bertz CT molecular complexity index is 1130. The van der Waals surface area contributed by atoms with Crippen molar-refractivity contribution in [2.45, 2.75) is 19.6 Å². The molecule has 0 spiro atoms. The third-order valence-electron chi connectivity index (χ3n) is 4.73. The van der Waals surface area contributed by atoms with E-state index in [9.17, 15) is 5.26 Å². The van der Waals surface area contributed by atoms with E-state index >= 15 is 0 Å². The van der Waals surface area contributed by atoms with E-state index in [4.69, 9.17) is 9.15 Å². The van der Waals surface area contributed by atoms with Crippen molar-refractivity contribution in [3.8, 4) is 23.3 Å². The van der Waals surface area contributed by atoms with Crippen molar-refractivity contribution in [3.05, 3.63) is 102 Å². The number of nitriles is 1. The molecule has 5 heteroatoms. The maximum absolute atomic E-state index is 9.45. The molecule has 0 amide bonds. The molecule has 0 radical (unpaired) electrons. The summed E-state index contributed by atoms with van der Waals surface area (Å²) in [6.07, 6.45) is 0. The summed E-state index contributed by atoms with van der Waals surface area (Å²) in [7, 11) is 0. The molecule has 3 aromatic carbocycles. The van der Waals surface area contributed by atoms with Crippen molar-refractivity contribution in [2.24, 2.45) is 0 Å². The number of ether oxygens (including phenoxy) is 1. The number of anilines is 1. The molecule has 0 saturated carbocycles. The molecule has 0 aliphatic heterocycles. The Hall–Kier alpha value is -4.04. The first-order valence-electron chi connectivity index (χ1n) is 9.72. The molecule has 0 aliphatic rings. The fourth-order valence-corrected chi connectivity index (χ4v) is 3.07. The predicted octanol–water partition coefficient (Wildman–Crippen LogP) is 5.97. The fraction of sp³-hybridized carbons (Fsp3) is 0.120. The van der Waals surface area contributed by atoms with Gasteiger partial charge in [-0.3, -0.25) is 0 Å². The van der Waals surface area contributed by atoms with Crippen molar-refractivity contribution in [1.82, 2.24) is 4.98 Å². The molecule has 1 heterocycles. The van der Waals surface area contributed by atoms with Gasteiger partial charge in [0.25, 0.3) is 0 Å². The number of oxazole rings is 1. The van der Waals surface area contributed by atoms with Gasteiger partial charge in [-0.1, -0.05) is 60.7 Å². The standard InChI is InChI=1S/C25H21N3O2/c1-18(20-10-6-3-7-11-20)27-25-23(16-26)28-24(30-25)21-12-14-22(15-13-21)29-17-19-8-4-2-5-9-19/h2-15,18,27H,17H2,1H3/t18-/m0/s1. The van der Waals surface area contributed by atoms with Crippen LogP contribution in [0.25, 0.3) is 11.5 Å². The molecule has 0 aliphatic carbocycles. The number of rotatable bonds is 7. The van der Waals surface area contributed by atoms with Gasteiger partial charge in [0.2, 0.25) is 17.5 Å². The molecular weight excluding hydrogens is 374 g/mol. The van der Waals surface area contributed by atoms with Gasteiger partial charge in [-0.05, 0) is 42.3 Å². The van der Waals surface area contributed by atoms with Crippen LogP contribution in [0.3, 0.4) is 0 Å². The first-order valence-corrected chi connectivity index (χ1v) is 9.72. The minimum Gasteiger partial charge on any atom is -0.489 e. The van der Waals surface area contributed by atoms with Crippen molar-refractivity contribution >= 4 is 5.88 Å². The summed E-state index contributed by atoms with van der Waals surface area (Å²) in [6, 6.07) is 29.5. The molecule has 4 rings (SSSR count). The van der Waals surface area contributed by atoms with Crippen LogP contribution in [0.4, 0.5) is 5.88 Å². The lowest BCUT2D eigenvalue weighted by Gasteiger charge is -2.13. The van der Waals surface area contributed by atoms with E-state index in [0.29, 0.717) is 18.4 Å². The monoisotopic (exact) mass is 395 g/mol. The Kier molecular flexibility index (Phi) is 5.77. The topological polar surface area (TPSA) is 71.1 Å². The van der Waals surface area contributed by atoms with E-state index in [-0.39, 0.29) is 11.7 Å². The lowest BCUT2D eigenvalue weighted by Crippen LogP contribution is -2.06. The number of benzene rings is 3. The van der Waals surface area contributed by atoms with E-state index < -0.39 is 0 Å². The van der Waals surface area contributed by atoms with E-state index in [0.717, 1.165) is 22.4 Å². The number of hydrogen-bond donors (Lipinski definition) is 1. The molecule has 0 unspecified atom stereocenters. The van der Waals surface area contributed by atoms with E-state index in [1.54, 1.807) is 0 Å². The van der Waals surface area contributed by atoms with Crippen molar-refractivity contribution in [1.29, 1.82) is 5.26 Å². The molecule has 0 bridgehead atoms. The molecule has 30 heavy (non-hydrogen) atoms. The highest BCUT2D eigenvalue weighted by Crippen LogP contribution is 2.29. The van der Waals surface area contributed by atoms with Crippen LogP contribution in [-0.2, 0) is 6.61 Å². The highest BCUT2D eigenvalue weighted by Gasteiger charge is 2.17. The zero-order chi connectivity index (χ0) is 20.8. The largest absolute Gasteiger partial charge is 0.489 e. The summed E-state index contributed by atoms with van der Waals surface area (Å²) in [4.78, 5) is 4.34. The van der Waals surface area contributed by atoms with Gasteiger partial charge in [0, 0.05) is 5.56 Å². The number of nitrogens with one attached hydrogen (secondary N) is 1. The smallest absolute Gasteiger partial charge is 0.233 e. The average molecular weight is 395 g/mol. The molecule has 0 saturated heterocycles. The molecule has 0 fully saturated rings. The second kappa shape index (κ2) is 8.97. The van der Waals surface area contributed by atoms with Crippen LogP contribution < -0.4 is 10.1 Å². The third kappa shape index (κ3) is 4.50. The average Bonchev–Trinajstić information content (AvgIpc) is 3.22. The van der Waals surface area contributed by atoms with Gasteiger partial charge in [-0.15, -0.1) is 0 Å². The zero-order valence-corrected chi connectivity index (χ0v) is 16.6. The highest BCUT2D eigenvalue weighted by atomic mass is 16.5. The van der Waals surface area contributed by atoms with E-state index in [1.165, 1.54) is 0 Å². The fourth-order valence-electron chi connectivity index (χ4n) is 3.07. The quantitative estimate of drug-likeness (QED) is 0.418. The van der Waals surface area contributed by atoms with Crippen LogP contribution in [-0.4, -0.2) is 4.98 Å². The van der Waals surface area contributed by atoms with Crippen LogP contribution in [0, 0.1) is 11.3 Å². The minimum atomic E-state index is -0.0205. The Morgan fingerprint density at radius 2 is 1.63 bits per heavy atom. The molecule has 1 aromatic heterocycles. The van der Waals surface area contributed by atoms with Gasteiger partial charge < -0.3 is 14.5 Å². The molecule has 1 atom stereocenters. The van der Waals surface area contributed by atoms with Gasteiger partial charge in [0.15, 0.2) is 0 Å². The summed E-state index contributed by atoms with van der Waals surface area (Å²) in [5, 5.41) is 12.7. The van der Waals surface area contributed by atoms with Gasteiger partial charge in [-0.25, -0.2) is 0 Å². The van der Waals surface area contributed by atoms with E-state index in [1.807, 2.05) is 91.9 Å². The van der Waals surface area contributed by atoms with Crippen molar-refractivity contribution in [3.63, 3.8) is 0 Å². The Balaban J connectivity index is 1.47. The van der Waals surface area contributed by atoms with Gasteiger partial charge in [0.1, 0.15) is 18.4 Å². The number of aromatic nitrogens is 1. The maximum atomic E-state index is 9.45. The van der Waals surface area contributed by atoms with Crippen LogP contribution in [0.2, 0.25) is 0 Å². The van der Waals surface area contributed by atoms with Crippen LogP contribution in [0.5, 0.6) is 5.75 Å². The van der Waals surface area contributed by atoms with Crippen molar-refractivity contribution < 1.29 is 9.15 Å². The second-order valence-corrected chi connectivity index (χ2v) is 6.88.